The van der Waals surface area contributed by atoms with Crippen molar-refractivity contribution in [3.63, 3.8) is 0 Å². The van der Waals surface area contributed by atoms with Crippen molar-refractivity contribution < 1.29 is 9.18 Å². The zero-order valence-electron chi connectivity index (χ0n) is 12.2. The molecule has 2 heterocycles. The molecule has 0 radical (unpaired) electrons. The Labute approximate surface area is 128 Å². The summed E-state index contributed by atoms with van der Waals surface area (Å²) in [5, 5.41) is 4.23. The van der Waals surface area contributed by atoms with Gasteiger partial charge in [-0.05, 0) is 43.1 Å². The van der Waals surface area contributed by atoms with E-state index in [0.29, 0.717) is 0 Å². The minimum atomic E-state index is -0.524. The van der Waals surface area contributed by atoms with Gasteiger partial charge in [0.15, 0.2) is 0 Å². The lowest BCUT2D eigenvalue weighted by Gasteiger charge is -2.31. The first-order chi connectivity index (χ1) is 10.6. The van der Waals surface area contributed by atoms with Gasteiger partial charge >= 0.3 is 0 Å². The summed E-state index contributed by atoms with van der Waals surface area (Å²) in [5.74, 6) is -0.722. The molecule has 5 nitrogen and oxygen atoms in total. The maximum atomic E-state index is 13.1. The Kier molecular flexibility index (Phi) is 4.20. The lowest BCUT2D eigenvalue weighted by Crippen LogP contribution is -2.42. The van der Waals surface area contributed by atoms with E-state index in [0.717, 1.165) is 31.5 Å². The second-order valence-electron chi connectivity index (χ2n) is 5.62. The molecule has 2 N–H and O–H groups in total. The highest BCUT2D eigenvalue weighted by Gasteiger charge is 2.35. The van der Waals surface area contributed by atoms with Crippen LogP contribution in [0.1, 0.15) is 24.4 Å². The van der Waals surface area contributed by atoms with Crippen molar-refractivity contribution in [2.24, 2.45) is 5.73 Å². The third-order valence-corrected chi connectivity index (χ3v) is 4.17. The van der Waals surface area contributed by atoms with E-state index in [-0.39, 0.29) is 11.9 Å². The summed E-state index contributed by atoms with van der Waals surface area (Å²) in [5.41, 5.74) is 6.36. The Hall–Kier alpha value is -2.21. The molecule has 1 saturated heterocycles. The molecule has 3 rings (SSSR count). The van der Waals surface area contributed by atoms with Crippen molar-refractivity contribution in [1.29, 1.82) is 0 Å². The Morgan fingerprint density at radius 1 is 1.41 bits per heavy atom. The van der Waals surface area contributed by atoms with Gasteiger partial charge in [0.25, 0.3) is 0 Å². The molecule has 22 heavy (non-hydrogen) atoms. The number of nitrogens with zero attached hydrogens (tertiary/aromatic N) is 3. The van der Waals surface area contributed by atoms with Crippen molar-refractivity contribution in [3.05, 3.63) is 54.1 Å². The van der Waals surface area contributed by atoms with Crippen LogP contribution in [0.4, 0.5) is 4.39 Å². The van der Waals surface area contributed by atoms with Crippen molar-refractivity contribution in [3.8, 4) is 0 Å². The predicted octanol–water partition coefficient (Wildman–Crippen LogP) is 1.71. The molecule has 0 unspecified atom stereocenters. The number of carbonyl (C=O) groups is 1. The smallest absolute Gasteiger partial charge is 0.239 e. The molecule has 0 spiro atoms. The third kappa shape index (κ3) is 3.01. The molecule has 1 aromatic carbocycles. The predicted molar refractivity (Wildman–Crippen MR) is 80.3 cm³/mol. The topological polar surface area (TPSA) is 64.2 Å². The van der Waals surface area contributed by atoms with Crippen LogP contribution < -0.4 is 5.73 Å². The molecule has 1 amide bonds. The quantitative estimate of drug-likeness (QED) is 0.914. The summed E-state index contributed by atoms with van der Waals surface area (Å²) >= 11 is 0. The van der Waals surface area contributed by atoms with Crippen LogP contribution in [-0.2, 0) is 11.3 Å². The fraction of sp³-hybridized carbons (Fsp3) is 0.375. The fourth-order valence-electron chi connectivity index (χ4n) is 3.18. The molecule has 0 aliphatic carbocycles. The summed E-state index contributed by atoms with van der Waals surface area (Å²) in [6, 6.07) is 7.55. The Bertz CT molecular complexity index is 626. The van der Waals surface area contributed by atoms with Gasteiger partial charge in [-0.15, -0.1) is 0 Å². The first-order valence-electron chi connectivity index (χ1n) is 7.43. The van der Waals surface area contributed by atoms with Gasteiger partial charge in [-0.25, -0.2) is 4.39 Å². The molecule has 1 aliphatic heterocycles. The van der Waals surface area contributed by atoms with E-state index in [1.807, 2.05) is 16.9 Å². The standard InChI is InChI=1S/C16H19FN4O/c17-13-6-4-12(5-7-13)15(16(18)22)21-10-1-3-14(21)11-20-9-2-8-19-20/h2,4-9,14-15H,1,3,10-11H2,(H2,18,22)/t14-,15-/m1/s1. The highest BCUT2D eigenvalue weighted by molar-refractivity contribution is 5.81. The molecule has 116 valence electrons. The molecule has 0 bridgehead atoms. The van der Waals surface area contributed by atoms with Gasteiger partial charge < -0.3 is 5.73 Å². The molecular formula is C16H19FN4O. The molecule has 2 atom stereocenters. The molecule has 1 aliphatic rings. The van der Waals surface area contributed by atoms with Crippen LogP contribution >= 0.6 is 0 Å². The van der Waals surface area contributed by atoms with E-state index >= 15 is 0 Å². The average Bonchev–Trinajstić information content (AvgIpc) is 3.14. The zero-order valence-corrected chi connectivity index (χ0v) is 12.2. The molecular weight excluding hydrogens is 283 g/mol. The number of amides is 1. The number of primary amides is 1. The Morgan fingerprint density at radius 3 is 2.82 bits per heavy atom. The highest BCUT2D eigenvalue weighted by atomic mass is 19.1. The highest BCUT2D eigenvalue weighted by Crippen LogP contribution is 2.30. The number of nitrogens with two attached hydrogens (primary N) is 1. The molecule has 1 fully saturated rings. The number of rotatable bonds is 5. The number of likely N-dealkylation sites (tertiary alicyclic amines) is 1. The van der Waals surface area contributed by atoms with Crippen molar-refractivity contribution >= 4 is 5.91 Å². The summed E-state index contributed by atoms with van der Waals surface area (Å²) in [4.78, 5) is 14.1. The molecule has 6 heteroatoms. The summed E-state index contributed by atoms with van der Waals surface area (Å²) < 4.78 is 15.0. The first kappa shape index (κ1) is 14.7. The van der Waals surface area contributed by atoms with Crippen LogP contribution in [-0.4, -0.2) is 33.2 Å². The number of hydrogen-bond acceptors (Lipinski definition) is 3. The summed E-state index contributed by atoms with van der Waals surface area (Å²) in [6.07, 6.45) is 5.65. The van der Waals surface area contributed by atoms with Crippen molar-refractivity contribution in [2.75, 3.05) is 6.54 Å². The van der Waals surface area contributed by atoms with E-state index in [9.17, 15) is 9.18 Å². The lowest BCUT2D eigenvalue weighted by molar-refractivity contribution is -0.124. The fourth-order valence-corrected chi connectivity index (χ4v) is 3.18. The molecule has 0 saturated carbocycles. The lowest BCUT2D eigenvalue weighted by atomic mass is 10.0. The maximum Gasteiger partial charge on any atom is 0.239 e. The van der Waals surface area contributed by atoms with Gasteiger partial charge in [0.2, 0.25) is 5.91 Å². The number of aromatic nitrogens is 2. The van der Waals surface area contributed by atoms with Crippen LogP contribution in [0, 0.1) is 5.82 Å². The minimum Gasteiger partial charge on any atom is -0.368 e. The second kappa shape index (κ2) is 6.27. The van der Waals surface area contributed by atoms with E-state index in [4.69, 9.17) is 5.73 Å². The average molecular weight is 302 g/mol. The van der Waals surface area contributed by atoms with Crippen LogP contribution in [0.25, 0.3) is 0 Å². The number of halogens is 1. The van der Waals surface area contributed by atoms with E-state index in [1.54, 1.807) is 18.3 Å². The van der Waals surface area contributed by atoms with Crippen molar-refractivity contribution in [1.82, 2.24) is 14.7 Å². The van der Waals surface area contributed by atoms with Crippen LogP contribution in [0.3, 0.4) is 0 Å². The number of hydrogen-bond donors (Lipinski definition) is 1. The van der Waals surface area contributed by atoms with Gasteiger partial charge in [-0.1, -0.05) is 12.1 Å². The zero-order chi connectivity index (χ0) is 15.5. The number of carbonyl (C=O) groups excluding carboxylic acids is 1. The third-order valence-electron chi connectivity index (χ3n) is 4.17. The summed E-state index contributed by atoms with van der Waals surface area (Å²) in [7, 11) is 0. The summed E-state index contributed by atoms with van der Waals surface area (Å²) in [6.45, 7) is 1.52. The monoisotopic (exact) mass is 302 g/mol. The van der Waals surface area contributed by atoms with Gasteiger partial charge in [0.05, 0.1) is 6.54 Å². The Morgan fingerprint density at radius 2 is 2.18 bits per heavy atom. The Balaban J connectivity index is 1.83. The maximum absolute atomic E-state index is 13.1. The van der Waals surface area contributed by atoms with Crippen molar-refractivity contribution in [2.45, 2.75) is 31.5 Å². The number of benzene rings is 1. The van der Waals surface area contributed by atoms with Gasteiger partial charge in [0.1, 0.15) is 11.9 Å². The van der Waals surface area contributed by atoms with E-state index in [2.05, 4.69) is 10.00 Å². The van der Waals surface area contributed by atoms with Crippen LogP contribution in [0.15, 0.2) is 42.7 Å². The van der Waals surface area contributed by atoms with Crippen LogP contribution in [0.2, 0.25) is 0 Å². The second-order valence-corrected chi connectivity index (χ2v) is 5.62. The van der Waals surface area contributed by atoms with E-state index in [1.165, 1.54) is 12.1 Å². The van der Waals surface area contributed by atoms with Gasteiger partial charge in [-0.2, -0.15) is 5.10 Å². The van der Waals surface area contributed by atoms with Gasteiger partial charge in [-0.3, -0.25) is 14.4 Å². The molecule has 1 aromatic heterocycles. The SMILES string of the molecule is NC(=O)[C@@H](c1ccc(F)cc1)N1CCC[C@@H]1Cn1cccn1. The van der Waals surface area contributed by atoms with Crippen LogP contribution in [0.5, 0.6) is 0 Å². The van der Waals surface area contributed by atoms with Gasteiger partial charge in [0, 0.05) is 18.4 Å². The largest absolute Gasteiger partial charge is 0.368 e. The molecule has 2 aromatic rings. The normalized spacial score (nSPS) is 20.1. The van der Waals surface area contributed by atoms with E-state index < -0.39 is 11.9 Å². The first-order valence-corrected chi connectivity index (χ1v) is 7.43. The minimum absolute atomic E-state index is 0.197.